The molecule has 2 aromatic carbocycles. The molecular formula is C22H24ClFN4O2. The molecule has 0 saturated heterocycles. The van der Waals surface area contributed by atoms with E-state index in [0.717, 1.165) is 5.69 Å². The van der Waals surface area contributed by atoms with Gasteiger partial charge in [0.2, 0.25) is 5.91 Å². The fourth-order valence-electron chi connectivity index (χ4n) is 3.34. The second-order valence-corrected chi connectivity index (χ2v) is 7.60. The lowest BCUT2D eigenvalue weighted by molar-refractivity contribution is -0.130. The zero-order valence-electron chi connectivity index (χ0n) is 17.3. The predicted molar refractivity (Wildman–Crippen MR) is 117 cm³/mol. The largest absolute Gasteiger partial charge is 0.368 e. The number of carbonyl (C=O) groups is 1. The average Bonchev–Trinajstić information content (AvgIpc) is 2.93. The van der Waals surface area contributed by atoms with Crippen molar-refractivity contribution in [2.75, 3.05) is 12.4 Å². The van der Waals surface area contributed by atoms with Crippen molar-refractivity contribution in [1.29, 1.82) is 0 Å². The Bertz CT molecular complexity index is 1100. The molecule has 0 aliphatic heterocycles. The molecule has 0 aliphatic rings. The number of anilines is 1. The first-order chi connectivity index (χ1) is 14.2. The first-order valence-corrected chi connectivity index (χ1v) is 9.88. The Balaban J connectivity index is 1.81. The van der Waals surface area contributed by atoms with E-state index in [1.165, 1.54) is 21.7 Å². The number of carbonyl (C=O) groups excluding carboxylic acids is 1. The Labute approximate surface area is 179 Å². The molecule has 3 rings (SSSR count). The van der Waals surface area contributed by atoms with Gasteiger partial charge in [0, 0.05) is 31.2 Å². The van der Waals surface area contributed by atoms with Gasteiger partial charge in [-0.25, -0.2) is 9.07 Å². The van der Waals surface area contributed by atoms with E-state index in [-0.39, 0.29) is 28.6 Å². The molecule has 6 nitrogen and oxygen atoms in total. The van der Waals surface area contributed by atoms with Crippen LogP contribution >= 0.6 is 11.6 Å². The number of para-hydroxylation sites is 1. The maximum Gasteiger partial charge on any atom is 0.295 e. The maximum absolute atomic E-state index is 14.1. The van der Waals surface area contributed by atoms with E-state index < -0.39 is 11.9 Å². The van der Waals surface area contributed by atoms with Gasteiger partial charge >= 0.3 is 0 Å². The van der Waals surface area contributed by atoms with Crippen molar-refractivity contribution in [2.45, 2.75) is 26.4 Å². The summed E-state index contributed by atoms with van der Waals surface area (Å²) in [6.45, 7) is 3.50. The molecule has 1 heterocycles. The van der Waals surface area contributed by atoms with E-state index in [9.17, 15) is 14.0 Å². The van der Waals surface area contributed by atoms with E-state index in [1.807, 2.05) is 37.3 Å². The Morgan fingerprint density at radius 3 is 2.50 bits per heavy atom. The summed E-state index contributed by atoms with van der Waals surface area (Å²) in [6.07, 6.45) is 0. The molecule has 30 heavy (non-hydrogen) atoms. The third-order valence-corrected chi connectivity index (χ3v) is 5.47. The highest BCUT2D eigenvalue weighted by atomic mass is 35.5. The quantitative estimate of drug-likeness (QED) is 0.648. The molecule has 158 valence electrons. The highest BCUT2D eigenvalue weighted by Gasteiger charge is 2.23. The van der Waals surface area contributed by atoms with Crippen molar-refractivity contribution in [3.05, 3.63) is 81.0 Å². The zero-order chi connectivity index (χ0) is 22.0. The van der Waals surface area contributed by atoms with Crippen LogP contribution in [-0.4, -0.2) is 33.3 Å². The first kappa shape index (κ1) is 21.6. The second kappa shape index (κ2) is 8.75. The molecule has 0 bridgehead atoms. The third kappa shape index (κ3) is 4.11. The number of likely N-dealkylation sites (N-methyl/N-ethyl adjacent to an activating group) is 1. The Kier molecular flexibility index (Phi) is 6.31. The van der Waals surface area contributed by atoms with Crippen molar-refractivity contribution >= 4 is 23.2 Å². The summed E-state index contributed by atoms with van der Waals surface area (Å²) in [6, 6.07) is 13.0. The minimum Gasteiger partial charge on any atom is -0.368 e. The van der Waals surface area contributed by atoms with Crippen LogP contribution in [0.5, 0.6) is 0 Å². The van der Waals surface area contributed by atoms with Gasteiger partial charge in [0.25, 0.3) is 5.56 Å². The molecule has 0 spiro atoms. The molecule has 8 heteroatoms. The maximum atomic E-state index is 14.1. The van der Waals surface area contributed by atoms with Crippen LogP contribution in [0.4, 0.5) is 10.1 Å². The number of hydrogen-bond donors (Lipinski definition) is 1. The predicted octanol–water partition coefficient (Wildman–Crippen LogP) is 3.74. The van der Waals surface area contributed by atoms with Crippen molar-refractivity contribution in [2.24, 2.45) is 7.05 Å². The zero-order valence-corrected chi connectivity index (χ0v) is 18.1. The lowest BCUT2D eigenvalue weighted by Crippen LogP contribution is -2.39. The fourth-order valence-corrected chi connectivity index (χ4v) is 3.56. The number of benzene rings is 2. The van der Waals surface area contributed by atoms with Crippen LogP contribution in [0.25, 0.3) is 5.69 Å². The van der Waals surface area contributed by atoms with E-state index in [4.69, 9.17) is 11.6 Å². The molecule has 0 aliphatic carbocycles. The summed E-state index contributed by atoms with van der Waals surface area (Å²) in [4.78, 5) is 27.2. The summed E-state index contributed by atoms with van der Waals surface area (Å²) in [5.74, 6) is -0.754. The lowest BCUT2D eigenvalue weighted by atomic mass is 10.2. The number of amides is 1. The van der Waals surface area contributed by atoms with Crippen molar-refractivity contribution in [1.82, 2.24) is 14.3 Å². The second-order valence-electron chi connectivity index (χ2n) is 7.20. The van der Waals surface area contributed by atoms with Gasteiger partial charge < -0.3 is 10.2 Å². The smallest absolute Gasteiger partial charge is 0.295 e. The van der Waals surface area contributed by atoms with Crippen LogP contribution in [0.15, 0.2) is 53.3 Å². The van der Waals surface area contributed by atoms with E-state index in [1.54, 1.807) is 31.8 Å². The van der Waals surface area contributed by atoms with Crippen LogP contribution in [0.1, 0.15) is 18.2 Å². The van der Waals surface area contributed by atoms with Gasteiger partial charge in [0.15, 0.2) is 0 Å². The van der Waals surface area contributed by atoms with Crippen LogP contribution in [0, 0.1) is 12.7 Å². The fraction of sp³-hybridized carbons (Fsp3) is 0.273. The summed E-state index contributed by atoms with van der Waals surface area (Å²) in [5, 5.41) is 3.30. The van der Waals surface area contributed by atoms with Gasteiger partial charge in [-0.1, -0.05) is 35.9 Å². The first-order valence-electron chi connectivity index (χ1n) is 9.50. The van der Waals surface area contributed by atoms with Gasteiger partial charge in [0.05, 0.1) is 11.4 Å². The van der Waals surface area contributed by atoms with Crippen LogP contribution in [0.2, 0.25) is 5.02 Å². The number of halogens is 2. The van der Waals surface area contributed by atoms with Crippen molar-refractivity contribution in [3.63, 3.8) is 0 Å². The number of nitrogens with one attached hydrogen (secondary N) is 1. The van der Waals surface area contributed by atoms with Gasteiger partial charge in [-0.05, 0) is 38.1 Å². The van der Waals surface area contributed by atoms with E-state index >= 15 is 0 Å². The highest BCUT2D eigenvalue weighted by molar-refractivity contribution is 6.31. The SMILES string of the molecule is Cc1c(NC(C)C(=O)N(C)Cc2c(F)cccc2Cl)c(=O)n(-c2ccccc2)n1C. The molecule has 1 atom stereocenters. The van der Waals surface area contributed by atoms with Gasteiger partial charge in [0.1, 0.15) is 17.5 Å². The molecule has 1 amide bonds. The number of hydrogen-bond acceptors (Lipinski definition) is 3. The normalized spacial score (nSPS) is 11.9. The molecule has 0 saturated carbocycles. The molecule has 0 radical (unpaired) electrons. The van der Waals surface area contributed by atoms with Crippen LogP contribution in [0.3, 0.4) is 0 Å². The summed E-state index contributed by atoms with van der Waals surface area (Å²) >= 11 is 6.07. The molecule has 0 fully saturated rings. The van der Waals surface area contributed by atoms with Crippen molar-refractivity contribution < 1.29 is 9.18 Å². The highest BCUT2D eigenvalue weighted by Crippen LogP contribution is 2.21. The summed E-state index contributed by atoms with van der Waals surface area (Å²) in [7, 11) is 3.36. The van der Waals surface area contributed by atoms with E-state index in [0.29, 0.717) is 11.4 Å². The standard InChI is InChI=1S/C22H24ClFN4O2/c1-14(21(29)26(3)13-17-18(23)11-8-12-19(17)24)25-20-15(2)27(4)28(22(20)30)16-9-6-5-7-10-16/h5-12,14,25H,13H2,1-4H3. The van der Waals surface area contributed by atoms with Gasteiger partial charge in [-0.15, -0.1) is 0 Å². The molecule has 1 aromatic heterocycles. The summed E-state index contributed by atoms with van der Waals surface area (Å²) < 4.78 is 17.3. The number of rotatable bonds is 6. The van der Waals surface area contributed by atoms with Crippen molar-refractivity contribution in [3.8, 4) is 5.69 Å². The summed E-state index contributed by atoms with van der Waals surface area (Å²) in [5.41, 5.74) is 1.78. The van der Waals surface area contributed by atoms with Crippen LogP contribution in [-0.2, 0) is 18.4 Å². The molecular weight excluding hydrogens is 407 g/mol. The van der Waals surface area contributed by atoms with E-state index in [2.05, 4.69) is 5.32 Å². The van der Waals surface area contributed by atoms with Gasteiger partial charge in [-0.2, -0.15) is 0 Å². The Morgan fingerprint density at radius 1 is 1.20 bits per heavy atom. The minimum absolute atomic E-state index is 0.0262. The lowest BCUT2D eigenvalue weighted by Gasteiger charge is -2.23. The van der Waals surface area contributed by atoms with Crippen LogP contribution < -0.4 is 10.9 Å². The number of aromatic nitrogens is 2. The van der Waals surface area contributed by atoms with Gasteiger partial charge in [-0.3, -0.25) is 14.3 Å². The molecule has 1 unspecified atom stereocenters. The number of nitrogens with zero attached hydrogens (tertiary/aromatic N) is 3. The average molecular weight is 431 g/mol. The minimum atomic E-state index is -0.696. The molecule has 3 aromatic rings. The third-order valence-electron chi connectivity index (χ3n) is 5.12. The topological polar surface area (TPSA) is 59.3 Å². The molecule has 1 N–H and O–H groups in total. The Morgan fingerprint density at radius 2 is 1.87 bits per heavy atom. The Hall–Kier alpha value is -3.06. The monoisotopic (exact) mass is 430 g/mol.